The summed E-state index contributed by atoms with van der Waals surface area (Å²) in [4.78, 5) is 9.20. The molecular weight excluding hydrogens is 569 g/mol. The van der Waals surface area contributed by atoms with E-state index in [0.29, 0.717) is 15.2 Å². The van der Waals surface area contributed by atoms with Crippen molar-refractivity contribution in [1.29, 1.82) is 0 Å². The second-order valence-corrected chi connectivity index (χ2v) is 11.8. The predicted octanol–water partition coefficient (Wildman–Crippen LogP) is 8.25. The highest BCUT2D eigenvalue weighted by Gasteiger charge is 2.42. The standard InChI is InChI=1S/C30H28Cl3N5S/c1-19-11-15-36(16-12-19)25-10-8-21(18-23(25)33)38-29(28(35-30(38)39)24-5-2-3-13-34-24)27-6-4-14-37(27)26-9-7-20(31)17-22(26)32/h2-10,13-14,17-19,28-29H,11-12,15-16H2,1H3,(H,35,39). The Hall–Kier alpha value is -2.77. The average molecular weight is 597 g/mol. The topological polar surface area (TPSA) is 36.3 Å². The van der Waals surface area contributed by atoms with Crippen molar-refractivity contribution >= 4 is 63.5 Å². The van der Waals surface area contributed by atoms with E-state index in [1.165, 1.54) is 12.8 Å². The third kappa shape index (κ3) is 5.11. The van der Waals surface area contributed by atoms with Crippen LogP contribution in [0.1, 0.15) is 43.2 Å². The molecule has 0 spiro atoms. The van der Waals surface area contributed by atoms with Crippen LogP contribution in [-0.2, 0) is 0 Å². The molecule has 2 unspecified atom stereocenters. The SMILES string of the molecule is CC1CCN(c2ccc(N3C(=S)NC(c4ccccn4)C3c3cccn3-c3ccc(Cl)cc3Cl)cc2Cl)CC1. The maximum atomic E-state index is 6.93. The van der Waals surface area contributed by atoms with E-state index in [1.54, 1.807) is 12.3 Å². The number of nitrogens with one attached hydrogen (secondary N) is 1. The van der Waals surface area contributed by atoms with Crippen molar-refractivity contribution in [1.82, 2.24) is 14.9 Å². The minimum absolute atomic E-state index is 0.194. The zero-order valence-corrected chi connectivity index (χ0v) is 24.5. The molecule has 2 aliphatic heterocycles. The van der Waals surface area contributed by atoms with E-state index in [1.807, 2.05) is 48.7 Å². The number of benzene rings is 2. The quantitative estimate of drug-likeness (QED) is 0.235. The molecule has 2 fully saturated rings. The summed E-state index contributed by atoms with van der Waals surface area (Å²) in [6.07, 6.45) is 6.17. The van der Waals surface area contributed by atoms with Gasteiger partial charge in [-0.1, -0.05) is 47.8 Å². The van der Waals surface area contributed by atoms with Crippen molar-refractivity contribution in [2.45, 2.75) is 31.8 Å². The van der Waals surface area contributed by atoms with Gasteiger partial charge in [0.25, 0.3) is 0 Å². The van der Waals surface area contributed by atoms with Crippen LogP contribution >= 0.6 is 47.0 Å². The zero-order chi connectivity index (χ0) is 27.1. The minimum Gasteiger partial charge on any atom is -0.370 e. The number of hydrogen-bond donors (Lipinski definition) is 1. The summed E-state index contributed by atoms with van der Waals surface area (Å²) in [5.41, 5.74) is 4.73. The Bertz CT molecular complexity index is 1500. The van der Waals surface area contributed by atoms with Crippen LogP contribution in [0.2, 0.25) is 15.1 Å². The number of halogens is 3. The lowest BCUT2D eigenvalue weighted by Crippen LogP contribution is -2.33. The molecule has 0 bridgehead atoms. The Morgan fingerprint density at radius 2 is 1.67 bits per heavy atom. The highest BCUT2D eigenvalue weighted by Crippen LogP contribution is 2.44. The second kappa shape index (κ2) is 11.0. The number of nitrogens with zero attached hydrogens (tertiary/aromatic N) is 4. The fraction of sp³-hybridized carbons (Fsp3) is 0.267. The summed E-state index contributed by atoms with van der Waals surface area (Å²) < 4.78 is 2.09. The zero-order valence-electron chi connectivity index (χ0n) is 21.4. The maximum Gasteiger partial charge on any atom is 0.174 e. The highest BCUT2D eigenvalue weighted by molar-refractivity contribution is 7.80. The molecule has 9 heteroatoms. The first-order valence-electron chi connectivity index (χ1n) is 13.1. The average Bonchev–Trinajstić information content (AvgIpc) is 3.54. The molecule has 2 atom stereocenters. The predicted molar refractivity (Wildman–Crippen MR) is 166 cm³/mol. The first-order valence-corrected chi connectivity index (χ1v) is 14.6. The van der Waals surface area contributed by atoms with Crippen LogP contribution in [-0.4, -0.2) is 27.8 Å². The van der Waals surface area contributed by atoms with Crippen LogP contribution in [0.3, 0.4) is 0 Å². The van der Waals surface area contributed by atoms with E-state index in [-0.39, 0.29) is 12.1 Å². The van der Waals surface area contributed by atoms with Crippen LogP contribution in [0.5, 0.6) is 0 Å². The Morgan fingerprint density at radius 1 is 0.897 bits per heavy atom. The van der Waals surface area contributed by atoms with Crippen LogP contribution < -0.4 is 15.1 Å². The van der Waals surface area contributed by atoms with Gasteiger partial charge in [-0.2, -0.15) is 0 Å². The summed E-state index contributed by atoms with van der Waals surface area (Å²) >= 11 is 25.8. The molecule has 0 amide bonds. The van der Waals surface area contributed by atoms with E-state index in [4.69, 9.17) is 47.0 Å². The molecule has 2 aromatic carbocycles. The molecule has 1 N–H and O–H groups in total. The third-order valence-electron chi connectivity index (χ3n) is 7.68. The lowest BCUT2D eigenvalue weighted by atomic mass is 9.98. The molecule has 4 heterocycles. The van der Waals surface area contributed by atoms with Gasteiger partial charge in [0.1, 0.15) is 6.04 Å². The smallest absolute Gasteiger partial charge is 0.174 e. The minimum atomic E-state index is -0.216. The van der Waals surface area contributed by atoms with Crippen LogP contribution in [0.15, 0.2) is 79.1 Å². The highest BCUT2D eigenvalue weighted by atomic mass is 35.5. The molecule has 0 saturated carbocycles. The summed E-state index contributed by atoms with van der Waals surface area (Å²) in [5, 5.41) is 6.03. The molecule has 5 nitrogen and oxygen atoms in total. The lowest BCUT2D eigenvalue weighted by molar-refractivity contribution is 0.438. The third-order valence-corrected chi connectivity index (χ3v) is 8.84. The van der Waals surface area contributed by atoms with Crippen LogP contribution in [0, 0.1) is 5.92 Å². The van der Waals surface area contributed by atoms with Gasteiger partial charge in [0, 0.05) is 41.9 Å². The molecule has 0 aliphatic carbocycles. The molecule has 39 heavy (non-hydrogen) atoms. The first kappa shape index (κ1) is 26.5. The molecule has 4 aromatic rings. The Kier molecular flexibility index (Phi) is 7.47. The number of piperidine rings is 1. The fourth-order valence-corrected chi connectivity index (χ4v) is 6.76. The van der Waals surface area contributed by atoms with Gasteiger partial charge in [-0.05, 0) is 91.6 Å². The summed E-state index contributed by atoms with van der Waals surface area (Å²) in [5.74, 6) is 0.752. The van der Waals surface area contributed by atoms with E-state index < -0.39 is 0 Å². The molecule has 6 rings (SSSR count). The fourth-order valence-electron chi connectivity index (χ4n) is 5.62. The van der Waals surface area contributed by atoms with Crippen LogP contribution in [0.25, 0.3) is 5.69 Å². The Labute approximate surface area is 249 Å². The summed E-state index contributed by atoms with van der Waals surface area (Å²) in [6, 6.07) is 21.4. The van der Waals surface area contributed by atoms with E-state index in [2.05, 4.69) is 49.8 Å². The second-order valence-electron chi connectivity index (χ2n) is 10.2. The summed E-state index contributed by atoms with van der Waals surface area (Å²) in [6.45, 7) is 4.35. The van der Waals surface area contributed by atoms with Gasteiger partial charge >= 0.3 is 0 Å². The number of rotatable bonds is 5. The number of anilines is 2. The lowest BCUT2D eigenvalue weighted by Gasteiger charge is -2.33. The number of hydrogen-bond acceptors (Lipinski definition) is 3. The van der Waals surface area contributed by atoms with E-state index in [0.717, 1.165) is 52.5 Å². The first-order chi connectivity index (χ1) is 18.9. The van der Waals surface area contributed by atoms with Gasteiger partial charge in [-0.15, -0.1) is 0 Å². The van der Waals surface area contributed by atoms with Crippen molar-refractivity contribution in [3.63, 3.8) is 0 Å². The number of pyridine rings is 1. The van der Waals surface area contributed by atoms with Crippen molar-refractivity contribution in [3.05, 3.63) is 106 Å². The molecule has 0 radical (unpaired) electrons. The molecule has 2 aliphatic rings. The van der Waals surface area contributed by atoms with E-state index >= 15 is 0 Å². The van der Waals surface area contributed by atoms with Gasteiger partial charge in [-0.3, -0.25) is 4.98 Å². The van der Waals surface area contributed by atoms with Crippen molar-refractivity contribution < 1.29 is 0 Å². The molecular formula is C30H28Cl3N5S. The summed E-state index contributed by atoms with van der Waals surface area (Å²) in [7, 11) is 0. The molecule has 2 saturated heterocycles. The van der Waals surface area contributed by atoms with Gasteiger partial charge in [0.15, 0.2) is 5.11 Å². The van der Waals surface area contributed by atoms with Crippen molar-refractivity contribution in [2.75, 3.05) is 22.9 Å². The van der Waals surface area contributed by atoms with Gasteiger partial charge < -0.3 is 19.7 Å². The van der Waals surface area contributed by atoms with Gasteiger partial charge in [-0.25, -0.2) is 0 Å². The van der Waals surface area contributed by atoms with Crippen LogP contribution in [0.4, 0.5) is 11.4 Å². The monoisotopic (exact) mass is 595 g/mol. The number of aromatic nitrogens is 2. The Morgan fingerprint density at radius 3 is 2.38 bits per heavy atom. The largest absolute Gasteiger partial charge is 0.370 e. The normalized spacial score (nSPS) is 19.9. The van der Waals surface area contributed by atoms with Crippen molar-refractivity contribution in [3.8, 4) is 5.69 Å². The number of thiocarbonyl (C=S) groups is 1. The molecule has 2 aromatic heterocycles. The van der Waals surface area contributed by atoms with Gasteiger partial charge in [0.05, 0.1) is 33.2 Å². The van der Waals surface area contributed by atoms with Gasteiger partial charge in [0.2, 0.25) is 0 Å². The van der Waals surface area contributed by atoms with Crippen molar-refractivity contribution in [2.24, 2.45) is 5.92 Å². The molecule has 200 valence electrons. The Balaban J connectivity index is 1.43. The van der Waals surface area contributed by atoms with E-state index in [9.17, 15) is 0 Å². The maximum absolute atomic E-state index is 6.93.